The van der Waals surface area contributed by atoms with Crippen LogP contribution in [0.25, 0.3) is 10.8 Å². The predicted molar refractivity (Wildman–Crippen MR) is 165 cm³/mol. The summed E-state index contributed by atoms with van der Waals surface area (Å²) in [5.74, 6) is 1.55. The SMILES string of the molecule is Oc1cc(N2CCc3c(nc(OCC45CCCN4CCC5)nc3[C@H]3CCC4CN[C@H](C4)C3)C2)c2c(Br)cccc2c1. The van der Waals surface area contributed by atoms with Crippen LogP contribution in [0.3, 0.4) is 0 Å². The van der Waals surface area contributed by atoms with Crippen LogP contribution in [0, 0.1) is 5.92 Å². The van der Waals surface area contributed by atoms with Crippen molar-refractivity contribution in [2.75, 3.05) is 37.7 Å². The molecule has 2 N–H and O–H groups in total. The van der Waals surface area contributed by atoms with E-state index >= 15 is 0 Å². The molecule has 0 spiro atoms. The highest BCUT2D eigenvalue weighted by atomic mass is 79.9. The van der Waals surface area contributed by atoms with Gasteiger partial charge in [0.05, 0.1) is 23.5 Å². The minimum Gasteiger partial charge on any atom is -0.508 e. The van der Waals surface area contributed by atoms with E-state index in [1.54, 1.807) is 0 Å². The van der Waals surface area contributed by atoms with Crippen molar-refractivity contribution in [3.8, 4) is 11.8 Å². The molecule has 5 heterocycles. The number of nitrogens with zero attached hydrogens (tertiary/aromatic N) is 4. The van der Waals surface area contributed by atoms with Gasteiger partial charge in [-0.05, 0) is 106 Å². The maximum Gasteiger partial charge on any atom is 0.316 e. The number of fused-ring (bicyclic) bond motifs is 5. The lowest BCUT2D eigenvalue weighted by Crippen LogP contribution is -2.43. The van der Waals surface area contributed by atoms with Crippen molar-refractivity contribution >= 4 is 32.4 Å². The number of anilines is 1. The molecule has 41 heavy (non-hydrogen) atoms. The molecule has 8 heteroatoms. The van der Waals surface area contributed by atoms with E-state index in [0.717, 1.165) is 51.9 Å². The number of rotatable bonds is 5. The maximum atomic E-state index is 10.6. The number of phenolic OH excluding ortho intramolecular Hbond substituents is 1. The third kappa shape index (κ3) is 4.70. The summed E-state index contributed by atoms with van der Waals surface area (Å²) in [5, 5.41) is 16.6. The quantitative estimate of drug-likeness (QED) is 0.368. The summed E-state index contributed by atoms with van der Waals surface area (Å²) in [6.07, 6.45) is 10.8. The number of hydrogen-bond donors (Lipinski definition) is 2. The summed E-state index contributed by atoms with van der Waals surface area (Å²) in [6, 6.07) is 11.1. The molecular formula is C33H40BrN5O2. The molecule has 3 atom stereocenters. The Hall–Kier alpha value is -2.42. The topological polar surface area (TPSA) is 73.8 Å². The monoisotopic (exact) mass is 617 g/mol. The van der Waals surface area contributed by atoms with Crippen molar-refractivity contribution in [1.82, 2.24) is 20.2 Å². The molecular weight excluding hydrogens is 578 g/mol. The van der Waals surface area contributed by atoms with E-state index in [2.05, 4.69) is 43.2 Å². The van der Waals surface area contributed by atoms with Gasteiger partial charge in [0.1, 0.15) is 12.4 Å². The Balaban J connectivity index is 1.15. The molecule has 216 valence electrons. The van der Waals surface area contributed by atoms with Gasteiger partial charge in [-0.3, -0.25) is 4.90 Å². The molecule has 1 aromatic heterocycles. The lowest BCUT2D eigenvalue weighted by molar-refractivity contribution is 0.107. The van der Waals surface area contributed by atoms with Crippen LogP contribution in [-0.4, -0.2) is 64.3 Å². The molecule has 4 aliphatic heterocycles. The fourth-order valence-electron chi connectivity index (χ4n) is 8.75. The third-order valence-electron chi connectivity index (χ3n) is 10.8. The number of hydrogen-bond acceptors (Lipinski definition) is 7. The molecule has 7 nitrogen and oxygen atoms in total. The molecule has 5 aliphatic rings. The summed E-state index contributed by atoms with van der Waals surface area (Å²) in [6.45, 7) is 5.82. The number of phenols is 1. The standard InChI is InChI=1S/C33H40BrN5O2/c34-27-5-1-4-22-16-25(40)17-29(30(22)27)38-13-8-26-28(19-38)36-32(41-20-33-9-2-11-39(33)12-3-10-33)37-31(26)23-7-6-21-14-24(15-23)35-18-21/h1,4-5,16-17,21,23-24,35,40H,2-3,6-15,18-20H2/t21?,23-,24+/m0/s1. The van der Waals surface area contributed by atoms with Crippen molar-refractivity contribution in [3.05, 3.63) is 51.8 Å². The third-order valence-corrected chi connectivity index (χ3v) is 11.4. The first-order valence-corrected chi connectivity index (χ1v) is 16.5. The van der Waals surface area contributed by atoms with Crippen LogP contribution in [0.4, 0.5) is 5.69 Å². The second kappa shape index (κ2) is 10.4. The van der Waals surface area contributed by atoms with Gasteiger partial charge in [0.15, 0.2) is 0 Å². The molecule has 0 radical (unpaired) electrons. The fraction of sp³-hybridized carbons (Fsp3) is 0.576. The van der Waals surface area contributed by atoms with E-state index in [-0.39, 0.29) is 5.54 Å². The number of nitrogens with one attached hydrogen (secondary N) is 1. The summed E-state index contributed by atoms with van der Waals surface area (Å²) >= 11 is 3.78. The Labute approximate surface area is 250 Å². The Morgan fingerprint density at radius 1 is 1.07 bits per heavy atom. The van der Waals surface area contributed by atoms with Crippen LogP contribution >= 0.6 is 15.9 Å². The molecule has 4 fully saturated rings. The first-order valence-electron chi connectivity index (χ1n) is 15.7. The minimum absolute atomic E-state index is 0.170. The molecule has 2 aromatic carbocycles. The van der Waals surface area contributed by atoms with Gasteiger partial charge in [-0.15, -0.1) is 0 Å². The molecule has 1 saturated carbocycles. The van der Waals surface area contributed by atoms with Crippen molar-refractivity contribution in [1.29, 1.82) is 0 Å². The second-order valence-corrected chi connectivity index (χ2v) is 14.1. The van der Waals surface area contributed by atoms with E-state index in [4.69, 9.17) is 14.7 Å². The highest BCUT2D eigenvalue weighted by Crippen LogP contribution is 2.43. The molecule has 8 rings (SSSR count). The van der Waals surface area contributed by atoms with Crippen LogP contribution in [-0.2, 0) is 13.0 Å². The second-order valence-electron chi connectivity index (χ2n) is 13.2. The summed E-state index contributed by atoms with van der Waals surface area (Å²) < 4.78 is 7.63. The van der Waals surface area contributed by atoms with Crippen LogP contribution < -0.4 is 15.0 Å². The molecule has 1 unspecified atom stereocenters. The molecule has 1 aliphatic carbocycles. The normalized spacial score (nSPS) is 27.1. The Morgan fingerprint density at radius 2 is 1.95 bits per heavy atom. The number of halogens is 1. The highest BCUT2D eigenvalue weighted by Gasteiger charge is 2.45. The highest BCUT2D eigenvalue weighted by molar-refractivity contribution is 9.10. The predicted octanol–water partition coefficient (Wildman–Crippen LogP) is 5.91. The van der Waals surface area contributed by atoms with Gasteiger partial charge in [-0.2, -0.15) is 9.97 Å². The first-order chi connectivity index (χ1) is 20.0. The zero-order chi connectivity index (χ0) is 27.6. The summed E-state index contributed by atoms with van der Waals surface area (Å²) in [7, 11) is 0. The van der Waals surface area contributed by atoms with E-state index in [1.807, 2.05) is 18.2 Å². The number of benzene rings is 2. The zero-order valence-electron chi connectivity index (χ0n) is 23.7. The van der Waals surface area contributed by atoms with Gasteiger partial charge in [-0.1, -0.05) is 28.1 Å². The lowest BCUT2D eigenvalue weighted by Gasteiger charge is -2.34. The molecule has 3 saturated heterocycles. The van der Waals surface area contributed by atoms with Gasteiger partial charge in [-0.25, -0.2) is 0 Å². The van der Waals surface area contributed by atoms with Crippen LogP contribution in [0.2, 0.25) is 0 Å². The minimum atomic E-state index is 0.170. The Morgan fingerprint density at radius 3 is 2.83 bits per heavy atom. The van der Waals surface area contributed by atoms with Crippen molar-refractivity contribution in [3.63, 3.8) is 0 Å². The van der Waals surface area contributed by atoms with Gasteiger partial charge in [0.25, 0.3) is 0 Å². The van der Waals surface area contributed by atoms with Gasteiger partial charge < -0.3 is 20.1 Å². The van der Waals surface area contributed by atoms with E-state index in [1.165, 1.54) is 75.8 Å². The largest absolute Gasteiger partial charge is 0.508 e. The van der Waals surface area contributed by atoms with Crippen LogP contribution in [0.5, 0.6) is 11.8 Å². The number of aromatic nitrogens is 2. The Kier molecular flexibility index (Phi) is 6.64. The average molecular weight is 619 g/mol. The first kappa shape index (κ1) is 26.2. The number of aromatic hydroxyl groups is 1. The van der Waals surface area contributed by atoms with E-state index in [9.17, 15) is 5.11 Å². The maximum absolute atomic E-state index is 10.6. The average Bonchev–Trinajstić information content (AvgIpc) is 3.64. The van der Waals surface area contributed by atoms with Gasteiger partial charge in [0.2, 0.25) is 0 Å². The van der Waals surface area contributed by atoms with Crippen molar-refractivity contribution < 1.29 is 9.84 Å². The van der Waals surface area contributed by atoms with Gasteiger partial charge in [0, 0.05) is 40.1 Å². The molecule has 2 bridgehead atoms. The van der Waals surface area contributed by atoms with Crippen LogP contribution in [0.15, 0.2) is 34.8 Å². The Bertz CT molecular complexity index is 1470. The van der Waals surface area contributed by atoms with E-state index in [0.29, 0.717) is 36.9 Å². The fourth-order valence-corrected chi connectivity index (χ4v) is 9.33. The zero-order valence-corrected chi connectivity index (χ0v) is 25.3. The van der Waals surface area contributed by atoms with Crippen molar-refractivity contribution in [2.45, 2.75) is 81.8 Å². The summed E-state index contributed by atoms with van der Waals surface area (Å²) in [5.41, 5.74) is 4.89. The van der Waals surface area contributed by atoms with Crippen molar-refractivity contribution in [2.24, 2.45) is 5.92 Å². The molecule has 3 aromatic rings. The smallest absolute Gasteiger partial charge is 0.316 e. The number of ether oxygens (including phenoxy) is 1. The van der Waals surface area contributed by atoms with E-state index < -0.39 is 0 Å². The lowest BCUT2D eigenvalue weighted by atomic mass is 9.88. The van der Waals surface area contributed by atoms with Crippen LogP contribution in [0.1, 0.15) is 74.2 Å². The summed E-state index contributed by atoms with van der Waals surface area (Å²) in [4.78, 5) is 15.4. The molecule has 0 amide bonds. The van der Waals surface area contributed by atoms with Gasteiger partial charge >= 0.3 is 6.01 Å².